The summed E-state index contributed by atoms with van der Waals surface area (Å²) in [4.78, 5) is 21.2. The zero-order chi connectivity index (χ0) is 22.3. The van der Waals surface area contributed by atoms with Crippen LogP contribution in [0.25, 0.3) is 23.9 Å². The maximum absolute atomic E-state index is 12.9. The second-order valence-electron chi connectivity index (χ2n) is 8.37. The number of rotatable bonds is 4. The average Bonchev–Trinajstić information content (AvgIpc) is 3.01. The number of pyridine rings is 1. The van der Waals surface area contributed by atoms with Crippen LogP contribution < -0.4 is 21.4 Å². The molecule has 1 aliphatic heterocycles. The van der Waals surface area contributed by atoms with Gasteiger partial charge in [-0.3, -0.25) is 9.78 Å². The predicted molar refractivity (Wildman–Crippen MR) is 137 cm³/mol. The van der Waals surface area contributed by atoms with Crippen LogP contribution in [0.1, 0.15) is 21.6 Å². The molecule has 0 aliphatic carbocycles. The molecule has 0 N–H and O–H groups in total. The van der Waals surface area contributed by atoms with Crippen LogP contribution in [-0.4, -0.2) is 50.5 Å². The summed E-state index contributed by atoms with van der Waals surface area (Å²) in [5.41, 5.74) is 7.41. The van der Waals surface area contributed by atoms with E-state index < -0.39 is 0 Å². The minimum Gasteiger partial charge on any atom is -0.383 e. The number of carbonyl (C=O) groups excluding carboxylic acids is 1. The highest BCUT2D eigenvalue weighted by molar-refractivity contribution is 9.10. The van der Waals surface area contributed by atoms with E-state index in [1.165, 1.54) is 22.1 Å². The molecule has 0 atom stereocenters. The second-order valence-corrected chi connectivity index (χ2v) is 9.28. The van der Waals surface area contributed by atoms with Crippen molar-refractivity contribution in [1.29, 1.82) is 0 Å². The number of aromatic nitrogens is 1. The molecular formula is C24H24B2BrN3O. The molecule has 1 amide bonds. The standard InChI is InChI=1S/C24H24B2BrN3O/c1-14-5-4-6-17(19(14)11-29(2)3)15-7-21(25)20(22(26)8-15)12-30-13-23-18(24(30)31)9-16(27)10-28-23/h4-11H,1,12-13,25-26H2,2-3H3/b19-11+. The SMILES string of the molecule is Bc1cc(-c2cccc(=C)/c2=C\N(C)C)cc(B)c1CN1Cc2ncc(Br)cc2C1=O. The van der Waals surface area contributed by atoms with E-state index in [4.69, 9.17) is 0 Å². The molecule has 1 aromatic heterocycles. The molecular weight excluding hydrogens is 448 g/mol. The Labute approximate surface area is 193 Å². The Hall–Kier alpha value is -2.79. The van der Waals surface area contributed by atoms with Crippen LogP contribution in [0.15, 0.2) is 47.1 Å². The first-order valence-corrected chi connectivity index (χ1v) is 11.0. The topological polar surface area (TPSA) is 36.4 Å². The largest absolute Gasteiger partial charge is 0.383 e. The van der Waals surface area contributed by atoms with Crippen LogP contribution in [-0.2, 0) is 13.1 Å². The molecule has 4 rings (SSSR count). The first-order valence-electron chi connectivity index (χ1n) is 10.2. The van der Waals surface area contributed by atoms with E-state index >= 15 is 0 Å². The summed E-state index contributed by atoms with van der Waals surface area (Å²) in [5, 5.41) is 2.13. The molecule has 2 aromatic carbocycles. The van der Waals surface area contributed by atoms with Crippen molar-refractivity contribution >= 4 is 61.2 Å². The molecule has 4 nitrogen and oxygen atoms in total. The highest BCUT2D eigenvalue weighted by atomic mass is 79.9. The molecule has 0 spiro atoms. The average molecular weight is 472 g/mol. The molecule has 0 fully saturated rings. The smallest absolute Gasteiger partial charge is 0.256 e. The lowest BCUT2D eigenvalue weighted by atomic mass is 9.78. The van der Waals surface area contributed by atoms with Gasteiger partial charge in [0.15, 0.2) is 0 Å². The minimum absolute atomic E-state index is 0.0410. The van der Waals surface area contributed by atoms with Gasteiger partial charge in [0.25, 0.3) is 5.91 Å². The quantitative estimate of drug-likeness (QED) is 0.498. The van der Waals surface area contributed by atoms with Gasteiger partial charge in [-0.1, -0.05) is 47.8 Å². The van der Waals surface area contributed by atoms with Gasteiger partial charge in [0, 0.05) is 42.7 Å². The van der Waals surface area contributed by atoms with E-state index in [1.807, 2.05) is 36.0 Å². The molecule has 31 heavy (non-hydrogen) atoms. The van der Waals surface area contributed by atoms with Crippen LogP contribution in [0.4, 0.5) is 0 Å². The minimum atomic E-state index is 0.0410. The Morgan fingerprint density at radius 1 is 1.19 bits per heavy atom. The number of hydrogen-bond donors (Lipinski definition) is 0. The van der Waals surface area contributed by atoms with Gasteiger partial charge in [-0.05, 0) is 43.9 Å². The van der Waals surface area contributed by atoms with Crippen LogP contribution in [0, 0.1) is 0 Å². The van der Waals surface area contributed by atoms with Crippen molar-refractivity contribution in [2.75, 3.05) is 14.1 Å². The van der Waals surface area contributed by atoms with E-state index in [2.05, 4.69) is 73.7 Å². The van der Waals surface area contributed by atoms with Gasteiger partial charge in [0.1, 0.15) is 15.7 Å². The Morgan fingerprint density at radius 3 is 2.58 bits per heavy atom. The van der Waals surface area contributed by atoms with Gasteiger partial charge in [-0.2, -0.15) is 0 Å². The lowest BCUT2D eigenvalue weighted by Crippen LogP contribution is -2.33. The molecule has 0 bridgehead atoms. The summed E-state index contributed by atoms with van der Waals surface area (Å²) < 4.78 is 0.830. The third-order valence-corrected chi connectivity index (χ3v) is 6.17. The van der Waals surface area contributed by atoms with Crippen molar-refractivity contribution in [2.45, 2.75) is 13.1 Å². The maximum atomic E-state index is 12.9. The number of fused-ring (bicyclic) bond motifs is 1. The molecule has 7 heteroatoms. The fourth-order valence-corrected chi connectivity index (χ4v) is 4.53. The summed E-state index contributed by atoms with van der Waals surface area (Å²) in [7, 11) is 8.29. The lowest BCUT2D eigenvalue weighted by Gasteiger charge is -2.20. The van der Waals surface area contributed by atoms with Crippen molar-refractivity contribution in [3.05, 3.63) is 74.3 Å². The monoisotopic (exact) mass is 471 g/mol. The number of hydrogen-bond acceptors (Lipinski definition) is 3. The number of halogens is 1. The highest BCUT2D eigenvalue weighted by Crippen LogP contribution is 2.25. The van der Waals surface area contributed by atoms with Crippen LogP contribution >= 0.6 is 15.9 Å². The summed E-state index contributed by atoms with van der Waals surface area (Å²) in [6.45, 7) is 5.34. The van der Waals surface area contributed by atoms with E-state index in [0.717, 1.165) is 26.2 Å². The molecule has 1 aliphatic rings. The zero-order valence-electron chi connectivity index (χ0n) is 18.4. The van der Waals surface area contributed by atoms with Crippen LogP contribution in [0.3, 0.4) is 0 Å². The van der Waals surface area contributed by atoms with Gasteiger partial charge in [0.2, 0.25) is 0 Å². The van der Waals surface area contributed by atoms with Crippen molar-refractivity contribution in [1.82, 2.24) is 14.8 Å². The van der Waals surface area contributed by atoms with Gasteiger partial charge >= 0.3 is 0 Å². The van der Waals surface area contributed by atoms with Crippen molar-refractivity contribution < 1.29 is 4.79 Å². The second kappa shape index (κ2) is 8.39. The molecule has 0 saturated carbocycles. The van der Waals surface area contributed by atoms with E-state index in [9.17, 15) is 4.79 Å². The van der Waals surface area contributed by atoms with Crippen molar-refractivity contribution in [3.8, 4) is 11.1 Å². The van der Waals surface area contributed by atoms with Gasteiger partial charge in [-0.15, -0.1) is 0 Å². The number of amides is 1. The Morgan fingerprint density at radius 2 is 1.90 bits per heavy atom. The maximum Gasteiger partial charge on any atom is 0.256 e. The van der Waals surface area contributed by atoms with E-state index in [1.54, 1.807) is 6.20 Å². The molecule has 3 aromatic rings. The number of benzene rings is 2. The zero-order valence-corrected chi connectivity index (χ0v) is 20.0. The number of carbonyl (C=O) groups is 1. The number of nitrogens with zero attached hydrogens (tertiary/aromatic N) is 3. The highest BCUT2D eigenvalue weighted by Gasteiger charge is 2.29. The van der Waals surface area contributed by atoms with E-state index in [-0.39, 0.29) is 5.91 Å². The lowest BCUT2D eigenvalue weighted by molar-refractivity contribution is 0.0767. The molecule has 0 saturated heterocycles. The predicted octanol–water partition coefficient (Wildman–Crippen LogP) is -0.106. The van der Waals surface area contributed by atoms with E-state index in [0.29, 0.717) is 18.7 Å². The Balaban J connectivity index is 1.70. The summed E-state index contributed by atoms with van der Waals surface area (Å²) in [6, 6.07) is 12.5. The van der Waals surface area contributed by atoms with Gasteiger partial charge in [-0.25, -0.2) is 0 Å². The van der Waals surface area contributed by atoms with Crippen LogP contribution in [0.2, 0.25) is 0 Å². The van der Waals surface area contributed by atoms with Crippen molar-refractivity contribution in [2.24, 2.45) is 0 Å². The summed E-state index contributed by atoms with van der Waals surface area (Å²) >= 11 is 3.41. The Kier molecular flexibility index (Phi) is 5.80. The summed E-state index contributed by atoms with van der Waals surface area (Å²) in [5.74, 6) is 0.0410. The molecule has 154 valence electrons. The summed E-state index contributed by atoms with van der Waals surface area (Å²) in [6.07, 6.45) is 3.86. The van der Waals surface area contributed by atoms with Crippen molar-refractivity contribution in [3.63, 3.8) is 0 Å². The Bertz CT molecular complexity index is 1280. The third kappa shape index (κ3) is 4.19. The fraction of sp³-hybridized carbons (Fsp3) is 0.167. The first-order chi connectivity index (χ1) is 14.7. The fourth-order valence-electron chi connectivity index (χ4n) is 4.19. The normalized spacial score (nSPS) is 13.6. The first kappa shape index (κ1) is 21.4. The van der Waals surface area contributed by atoms with Gasteiger partial charge in [0.05, 0.1) is 17.8 Å². The van der Waals surface area contributed by atoms with Crippen LogP contribution in [0.5, 0.6) is 0 Å². The van der Waals surface area contributed by atoms with Gasteiger partial charge < -0.3 is 9.80 Å². The molecule has 0 radical (unpaired) electrons. The molecule has 0 unspecified atom stereocenters. The third-order valence-electron chi connectivity index (χ3n) is 5.73. The molecule has 2 heterocycles.